The minimum Gasteiger partial charge on any atom is -0.493 e. The van der Waals surface area contributed by atoms with E-state index in [2.05, 4.69) is 14.9 Å². The lowest BCUT2D eigenvalue weighted by molar-refractivity contribution is -0.138. The molecule has 0 amide bonds. The molecule has 3 heterocycles. The number of morpholine rings is 2. The van der Waals surface area contributed by atoms with Gasteiger partial charge in [-0.05, 0) is 0 Å². The predicted octanol–water partition coefficient (Wildman–Crippen LogP) is -0.365. The minimum absolute atomic E-state index is 0.0352. The van der Waals surface area contributed by atoms with Crippen molar-refractivity contribution in [3.8, 4) is 0 Å². The average molecular weight is 268 g/mol. The molecular formula is C12H20N4O3. The molecule has 106 valence electrons. The highest BCUT2D eigenvalue weighted by atomic mass is 16.5. The maximum Gasteiger partial charge on any atom is 0.222 e. The largest absolute Gasteiger partial charge is 0.493 e. The Morgan fingerprint density at radius 2 is 1.68 bits per heavy atom. The van der Waals surface area contributed by atoms with Crippen molar-refractivity contribution < 1.29 is 14.6 Å². The van der Waals surface area contributed by atoms with Crippen molar-refractivity contribution in [2.45, 2.75) is 6.17 Å². The van der Waals surface area contributed by atoms with Crippen molar-refractivity contribution in [3.63, 3.8) is 0 Å². The normalized spacial score (nSPS) is 30.4. The Bertz CT molecular complexity index is 362. The number of aliphatic hydroxyl groups excluding tert-OH is 1. The van der Waals surface area contributed by atoms with Gasteiger partial charge in [-0.25, -0.2) is 5.01 Å². The second kappa shape index (κ2) is 5.87. The van der Waals surface area contributed by atoms with Crippen LogP contribution in [-0.4, -0.2) is 85.0 Å². The van der Waals surface area contributed by atoms with Gasteiger partial charge in [-0.2, -0.15) is 0 Å². The third-order valence-corrected chi connectivity index (χ3v) is 3.61. The molecule has 19 heavy (non-hydrogen) atoms. The maximum absolute atomic E-state index is 10.2. The Labute approximate surface area is 112 Å². The molecule has 0 aromatic carbocycles. The molecule has 1 unspecified atom stereocenters. The molecule has 0 bridgehead atoms. The summed E-state index contributed by atoms with van der Waals surface area (Å²) in [5.74, 6) is 0.195. The Morgan fingerprint density at radius 1 is 1.05 bits per heavy atom. The van der Waals surface area contributed by atoms with Gasteiger partial charge in [-0.1, -0.05) is 0 Å². The quantitative estimate of drug-likeness (QED) is 0.738. The molecule has 0 radical (unpaired) electrons. The van der Waals surface area contributed by atoms with Gasteiger partial charge in [-0.15, -0.1) is 0 Å². The van der Waals surface area contributed by atoms with Crippen LogP contribution in [0.25, 0.3) is 0 Å². The summed E-state index contributed by atoms with van der Waals surface area (Å²) < 4.78 is 10.8. The van der Waals surface area contributed by atoms with E-state index < -0.39 is 0 Å². The van der Waals surface area contributed by atoms with E-state index in [0.717, 1.165) is 39.4 Å². The Balaban J connectivity index is 1.75. The highest BCUT2D eigenvalue weighted by molar-refractivity contribution is 5.66. The molecule has 0 saturated carbocycles. The number of nitrogens with zero attached hydrogens (tertiary/aromatic N) is 4. The second-order valence-corrected chi connectivity index (χ2v) is 4.76. The maximum atomic E-state index is 10.2. The van der Waals surface area contributed by atoms with Crippen LogP contribution in [0.15, 0.2) is 17.1 Å². The summed E-state index contributed by atoms with van der Waals surface area (Å²) in [5, 5.41) is 14.2. The molecule has 7 nitrogen and oxygen atoms in total. The third-order valence-electron chi connectivity index (χ3n) is 3.61. The van der Waals surface area contributed by atoms with Crippen LogP contribution in [0.1, 0.15) is 0 Å². The lowest BCUT2D eigenvalue weighted by Gasteiger charge is -2.46. The monoisotopic (exact) mass is 268 g/mol. The minimum atomic E-state index is -0.0352. The molecule has 0 spiro atoms. The summed E-state index contributed by atoms with van der Waals surface area (Å²) in [4.78, 5) is 6.41. The van der Waals surface area contributed by atoms with Crippen molar-refractivity contribution in [2.75, 3.05) is 52.6 Å². The van der Waals surface area contributed by atoms with Crippen molar-refractivity contribution in [2.24, 2.45) is 4.99 Å². The number of hydrogen-bond acceptors (Lipinski definition) is 7. The van der Waals surface area contributed by atoms with Crippen LogP contribution in [-0.2, 0) is 9.47 Å². The van der Waals surface area contributed by atoms with E-state index in [4.69, 9.17) is 9.47 Å². The van der Waals surface area contributed by atoms with E-state index in [0.29, 0.717) is 13.2 Å². The van der Waals surface area contributed by atoms with Gasteiger partial charge >= 0.3 is 0 Å². The van der Waals surface area contributed by atoms with E-state index in [1.807, 2.05) is 11.2 Å². The molecule has 7 heteroatoms. The lowest BCUT2D eigenvalue weighted by Crippen LogP contribution is -2.61. The van der Waals surface area contributed by atoms with Crippen LogP contribution in [0.3, 0.4) is 0 Å². The van der Waals surface area contributed by atoms with Crippen LogP contribution in [0.4, 0.5) is 0 Å². The first-order chi connectivity index (χ1) is 9.36. The summed E-state index contributed by atoms with van der Waals surface area (Å²) in [6.45, 7) is 6.11. The number of aliphatic hydroxyl groups is 1. The van der Waals surface area contributed by atoms with Gasteiger partial charge in [0, 0.05) is 32.4 Å². The van der Waals surface area contributed by atoms with Gasteiger partial charge in [0.05, 0.1) is 32.6 Å². The fraction of sp³-hybridized carbons (Fsp3) is 0.750. The fourth-order valence-corrected chi connectivity index (χ4v) is 2.62. The van der Waals surface area contributed by atoms with Crippen molar-refractivity contribution in [1.29, 1.82) is 0 Å². The van der Waals surface area contributed by atoms with Crippen LogP contribution in [0, 0.1) is 0 Å². The number of hydrogen-bond donors (Lipinski definition) is 1. The molecule has 0 aliphatic carbocycles. The highest BCUT2D eigenvalue weighted by Crippen LogP contribution is 2.19. The molecule has 3 aliphatic rings. The molecule has 2 fully saturated rings. The van der Waals surface area contributed by atoms with E-state index in [1.165, 1.54) is 6.20 Å². The molecule has 3 aliphatic heterocycles. The highest BCUT2D eigenvalue weighted by Gasteiger charge is 2.33. The third kappa shape index (κ3) is 2.74. The second-order valence-electron chi connectivity index (χ2n) is 4.76. The van der Waals surface area contributed by atoms with Gasteiger partial charge < -0.3 is 14.6 Å². The number of hydrazine groups is 1. The van der Waals surface area contributed by atoms with Crippen LogP contribution >= 0.6 is 0 Å². The van der Waals surface area contributed by atoms with Crippen molar-refractivity contribution in [3.05, 3.63) is 12.1 Å². The topological polar surface area (TPSA) is 60.8 Å². The van der Waals surface area contributed by atoms with Gasteiger partial charge in [-0.3, -0.25) is 14.9 Å². The molecule has 1 N–H and O–H groups in total. The van der Waals surface area contributed by atoms with Crippen LogP contribution < -0.4 is 0 Å². The summed E-state index contributed by atoms with van der Waals surface area (Å²) in [6.07, 6.45) is 3.33. The van der Waals surface area contributed by atoms with Gasteiger partial charge in [0.25, 0.3) is 0 Å². The number of aliphatic imine (C=N–C) groups is 1. The Kier molecular flexibility index (Phi) is 3.97. The summed E-state index contributed by atoms with van der Waals surface area (Å²) in [7, 11) is 0. The van der Waals surface area contributed by atoms with Gasteiger partial charge in [0.15, 0.2) is 0 Å². The lowest BCUT2D eigenvalue weighted by atomic mass is 10.3. The first-order valence-electron chi connectivity index (χ1n) is 6.72. The van der Waals surface area contributed by atoms with Crippen molar-refractivity contribution >= 4 is 6.21 Å². The van der Waals surface area contributed by atoms with E-state index in [-0.39, 0.29) is 12.0 Å². The SMILES string of the molecule is OC1=CN=CC(N2CCOCC2)N1N1CCOCC1. The van der Waals surface area contributed by atoms with Gasteiger partial charge in [0.1, 0.15) is 6.17 Å². The molecular weight excluding hydrogens is 248 g/mol. The fourth-order valence-electron chi connectivity index (χ4n) is 2.62. The first-order valence-corrected chi connectivity index (χ1v) is 6.72. The predicted molar refractivity (Wildman–Crippen MR) is 69.6 cm³/mol. The zero-order chi connectivity index (χ0) is 13.1. The van der Waals surface area contributed by atoms with Crippen LogP contribution in [0.2, 0.25) is 0 Å². The summed E-state index contributed by atoms with van der Waals surface area (Å²) >= 11 is 0. The zero-order valence-corrected chi connectivity index (χ0v) is 10.9. The molecule has 0 aromatic rings. The van der Waals surface area contributed by atoms with E-state index in [1.54, 1.807) is 0 Å². The molecule has 0 aromatic heterocycles. The Morgan fingerprint density at radius 3 is 2.37 bits per heavy atom. The molecule has 1 atom stereocenters. The van der Waals surface area contributed by atoms with E-state index >= 15 is 0 Å². The van der Waals surface area contributed by atoms with Crippen LogP contribution in [0.5, 0.6) is 0 Å². The van der Waals surface area contributed by atoms with Crippen molar-refractivity contribution in [1.82, 2.24) is 14.9 Å². The molecule has 2 saturated heterocycles. The van der Waals surface area contributed by atoms with E-state index in [9.17, 15) is 5.11 Å². The standard InChI is InChI=1S/C12H20N4O3/c17-12-10-13-9-11(14-1-5-18-6-2-14)16(12)15-3-7-19-8-4-15/h9-11,17H,1-8H2. The average Bonchev–Trinajstić information content (AvgIpc) is 2.49. The number of rotatable bonds is 2. The summed E-state index contributed by atoms with van der Waals surface area (Å²) in [5.41, 5.74) is 0. The first kappa shape index (κ1) is 12.9. The summed E-state index contributed by atoms with van der Waals surface area (Å²) in [6, 6.07) is 0. The van der Waals surface area contributed by atoms with Gasteiger partial charge in [0.2, 0.25) is 5.88 Å². The molecule has 3 rings (SSSR count). The Hall–Kier alpha value is -1.15. The smallest absolute Gasteiger partial charge is 0.222 e. The number of ether oxygens (including phenoxy) is 2. The zero-order valence-electron chi connectivity index (χ0n) is 10.9.